The molecule has 0 amide bonds. The van der Waals surface area contributed by atoms with Gasteiger partial charge in [-0.1, -0.05) is 6.07 Å². The largest absolute Gasteiger partial charge is 0.493 e. The maximum Gasteiger partial charge on any atom is 0.215 e. The van der Waals surface area contributed by atoms with Crippen LogP contribution >= 0.6 is 0 Å². The van der Waals surface area contributed by atoms with Crippen LogP contribution in [0.4, 0.5) is 4.39 Å². The summed E-state index contributed by atoms with van der Waals surface area (Å²) in [7, 11) is 0. The van der Waals surface area contributed by atoms with Gasteiger partial charge < -0.3 is 14.6 Å². The van der Waals surface area contributed by atoms with Gasteiger partial charge in [-0.2, -0.15) is 0 Å². The number of ether oxygens (including phenoxy) is 2. The fourth-order valence-corrected chi connectivity index (χ4v) is 1.43. The van der Waals surface area contributed by atoms with E-state index in [1.807, 2.05) is 0 Å². The van der Waals surface area contributed by atoms with Crippen molar-refractivity contribution >= 4 is 5.90 Å². The monoisotopic (exact) mass is 241 g/mol. The third-order valence-corrected chi connectivity index (χ3v) is 2.13. The summed E-state index contributed by atoms with van der Waals surface area (Å²) < 4.78 is 23.7. The van der Waals surface area contributed by atoms with Crippen molar-refractivity contribution in [2.75, 3.05) is 13.2 Å². The summed E-state index contributed by atoms with van der Waals surface area (Å²) in [6, 6.07) is 4.24. The Morgan fingerprint density at radius 1 is 1.41 bits per heavy atom. The third-order valence-electron chi connectivity index (χ3n) is 2.13. The van der Waals surface area contributed by atoms with Crippen LogP contribution in [0.15, 0.2) is 18.2 Å². The molecule has 0 bridgehead atoms. The Morgan fingerprint density at radius 3 is 2.71 bits per heavy atom. The first-order valence-corrected chi connectivity index (χ1v) is 5.42. The molecular formula is C12H16FNO3. The average molecular weight is 241 g/mol. The van der Waals surface area contributed by atoms with Crippen LogP contribution in [0, 0.1) is 11.2 Å². The van der Waals surface area contributed by atoms with Crippen molar-refractivity contribution in [3.63, 3.8) is 0 Å². The number of nitrogens with one attached hydrogen (secondary N) is 1. The van der Waals surface area contributed by atoms with E-state index in [0.29, 0.717) is 6.61 Å². The van der Waals surface area contributed by atoms with Gasteiger partial charge in [0.25, 0.3) is 0 Å². The van der Waals surface area contributed by atoms with Crippen LogP contribution in [0.3, 0.4) is 0 Å². The molecule has 1 rings (SSSR count). The van der Waals surface area contributed by atoms with Crippen LogP contribution in [0.25, 0.3) is 0 Å². The fourth-order valence-electron chi connectivity index (χ4n) is 1.43. The molecule has 5 heteroatoms. The summed E-state index contributed by atoms with van der Waals surface area (Å²) >= 11 is 0. The minimum atomic E-state index is -1.45. The second-order valence-electron chi connectivity index (χ2n) is 3.28. The zero-order chi connectivity index (χ0) is 12.8. The van der Waals surface area contributed by atoms with E-state index in [1.54, 1.807) is 19.9 Å². The Kier molecular flexibility index (Phi) is 4.90. The van der Waals surface area contributed by atoms with Gasteiger partial charge in [0, 0.05) is 0 Å². The van der Waals surface area contributed by atoms with Crippen molar-refractivity contribution < 1.29 is 19.0 Å². The smallest absolute Gasteiger partial charge is 0.215 e. The van der Waals surface area contributed by atoms with Crippen molar-refractivity contribution in [3.8, 4) is 5.75 Å². The van der Waals surface area contributed by atoms with E-state index in [2.05, 4.69) is 0 Å². The first kappa shape index (κ1) is 13.4. The molecule has 0 saturated heterocycles. The highest BCUT2D eigenvalue weighted by Crippen LogP contribution is 2.28. The summed E-state index contributed by atoms with van der Waals surface area (Å²) in [6.45, 7) is 4.04. The zero-order valence-corrected chi connectivity index (χ0v) is 9.87. The number of rotatable bonds is 5. The van der Waals surface area contributed by atoms with Crippen molar-refractivity contribution in [3.05, 3.63) is 29.6 Å². The molecular weight excluding hydrogens is 225 g/mol. The number of aliphatic hydroxyl groups excluding tert-OH is 1. The van der Waals surface area contributed by atoms with Crippen LogP contribution in [-0.2, 0) is 4.74 Å². The first-order chi connectivity index (χ1) is 8.11. The Hall–Kier alpha value is -1.62. The van der Waals surface area contributed by atoms with Crippen LogP contribution < -0.4 is 4.74 Å². The fraction of sp³-hybridized carbons (Fsp3) is 0.417. The summed E-state index contributed by atoms with van der Waals surface area (Å²) in [5.41, 5.74) is -0.0622. The minimum Gasteiger partial charge on any atom is -0.493 e. The van der Waals surface area contributed by atoms with E-state index in [-0.39, 0.29) is 17.9 Å². The molecule has 0 radical (unpaired) electrons. The highest BCUT2D eigenvalue weighted by Gasteiger charge is 2.23. The Balaban J connectivity index is 3.05. The van der Waals surface area contributed by atoms with E-state index in [0.717, 1.165) is 0 Å². The highest BCUT2D eigenvalue weighted by molar-refractivity contribution is 5.80. The lowest BCUT2D eigenvalue weighted by molar-refractivity contribution is 0.181. The lowest BCUT2D eigenvalue weighted by Gasteiger charge is -2.17. The minimum absolute atomic E-state index is 0.0622. The van der Waals surface area contributed by atoms with E-state index in [1.165, 1.54) is 12.1 Å². The first-order valence-electron chi connectivity index (χ1n) is 5.42. The standard InChI is InChI=1S/C12H16FNO3/c1-3-16-9-7-5-6-8(13)10(9)11(15)12(14)17-4-2/h5-7,11,14-15H,3-4H2,1-2H3/t11-/m0/s1. The molecule has 2 N–H and O–H groups in total. The molecule has 0 heterocycles. The summed E-state index contributed by atoms with van der Waals surface area (Å²) in [5, 5.41) is 17.3. The van der Waals surface area contributed by atoms with Gasteiger partial charge in [0.05, 0.1) is 18.8 Å². The van der Waals surface area contributed by atoms with Gasteiger partial charge >= 0.3 is 0 Å². The third kappa shape index (κ3) is 3.17. The predicted octanol–water partition coefficient (Wildman–Crippen LogP) is 2.27. The van der Waals surface area contributed by atoms with Gasteiger partial charge in [0.1, 0.15) is 11.6 Å². The molecule has 0 aromatic heterocycles. The normalized spacial score (nSPS) is 12.0. The predicted molar refractivity (Wildman–Crippen MR) is 61.9 cm³/mol. The molecule has 0 aliphatic carbocycles. The maximum atomic E-state index is 13.6. The van der Waals surface area contributed by atoms with Gasteiger partial charge in [-0.25, -0.2) is 4.39 Å². The van der Waals surface area contributed by atoms with Crippen LogP contribution in [0.1, 0.15) is 25.5 Å². The van der Waals surface area contributed by atoms with Crippen molar-refractivity contribution in [2.45, 2.75) is 20.0 Å². The summed E-state index contributed by atoms with van der Waals surface area (Å²) in [5.74, 6) is -0.782. The van der Waals surface area contributed by atoms with Gasteiger partial charge in [-0.15, -0.1) is 0 Å². The van der Waals surface area contributed by atoms with E-state index in [4.69, 9.17) is 14.9 Å². The number of halogens is 1. The van der Waals surface area contributed by atoms with Crippen molar-refractivity contribution in [1.82, 2.24) is 0 Å². The molecule has 0 fully saturated rings. The van der Waals surface area contributed by atoms with Crippen molar-refractivity contribution in [2.24, 2.45) is 0 Å². The number of benzene rings is 1. The lowest BCUT2D eigenvalue weighted by Crippen LogP contribution is -2.17. The SMILES string of the molecule is CCOC(=N)[C@@H](O)c1c(F)cccc1OCC. The Morgan fingerprint density at radius 2 is 2.12 bits per heavy atom. The summed E-state index contributed by atoms with van der Waals surface area (Å²) in [4.78, 5) is 0. The summed E-state index contributed by atoms with van der Waals surface area (Å²) in [6.07, 6.45) is -1.45. The highest BCUT2D eigenvalue weighted by atomic mass is 19.1. The number of aliphatic hydroxyl groups is 1. The molecule has 0 unspecified atom stereocenters. The molecule has 17 heavy (non-hydrogen) atoms. The van der Waals surface area contributed by atoms with Gasteiger partial charge in [0.15, 0.2) is 6.10 Å². The van der Waals surface area contributed by atoms with E-state index in [9.17, 15) is 9.50 Å². The van der Waals surface area contributed by atoms with Gasteiger partial charge in [-0.05, 0) is 26.0 Å². The Labute approximate surface area is 99.5 Å². The van der Waals surface area contributed by atoms with Crippen LogP contribution in [-0.4, -0.2) is 24.2 Å². The zero-order valence-electron chi connectivity index (χ0n) is 9.87. The average Bonchev–Trinajstić information content (AvgIpc) is 2.29. The second kappa shape index (κ2) is 6.20. The topological polar surface area (TPSA) is 62.5 Å². The molecule has 1 aromatic rings. The molecule has 1 atom stereocenters. The quantitative estimate of drug-likeness (QED) is 0.614. The van der Waals surface area contributed by atoms with Crippen molar-refractivity contribution in [1.29, 1.82) is 5.41 Å². The number of hydrogen-bond donors (Lipinski definition) is 2. The molecule has 0 aliphatic heterocycles. The number of hydrogen-bond acceptors (Lipinski definition) is 4. The van der Waals surface area contributed by atoms with E-state index >= 15 is 0 Å². The maximum absolute atomic E-state index is 13.6. The molecule has 0 spiro atoms. The van der Waals surface area contributed by atoms with Gasteiger partial charge in [0.2, 0.25) is 5.90 Å². The second-order valence-corrected chi connectivity index (χ2v) is 3.28. The van der Waals surface area contributed by atoms with Gasteiger partial charge in [-0.3, -0.25) is 5.41 Å². The molecule has 94 valence electrons. The molecule has 4 nitrogen and oxygen atoms in total. The van der Waals surface area contributed by atoms with Crippen LogP contribution in [0.5, 0.6) is 5.75 Å². The molecule has 0 aliphatic rings. The van der Waals surface area contributed by atoms with Crippen LogP contribution in [0.2, 0.25) is 0 Å². The molecule has 0 saturated carbocycles. The Bertz CT molecular complexity index is 395. The van der Waals surface area contributed by atoms with E-state index < -0.39 is 17.8 Å². The molecule has 1 aromatic carbocycles. The lowest BCUT2D eigenvalue weighted by atomic mass is 10.1.